The molecule has 1 amide bonds. The van der Waals surface area contributed by atoms with Crippen molar-refractivity contribution in [2.75, 3.05) is 33.0 Å². The lowest BCUT2D eigenvalue weighted by atomic mass is 10.3. The van der Waals surface area contributed by atoms with Crippen molar-refractivity contribution >= 4 is 21.9 Å². The molecule has 18 heavy (non-hydrogen) atoms. The number of methoxy groups -OCH3 is 1. The molecule has 0 fully saturated rings. The van der Waals surface area contributed by atoms with E-state index in [4.69, 9.17) is 0 Å². The van der Waals surface area contributed by atoms with Crippen molar-refractivity contribution in [1.29, 1.82) is 0 Å². The Morgan fingerprint density at radius 1 is 1.33 bits per heavy atom. The largest absolute Gasteiger partial charge is 0.469 e. The molecular formula is C10H20N2O5S. The zero-order chi connectivity index (χ0) is 14.2. The second-order valence-corrected chi connectivity index (χ2v) is 5.65. The molecule has 106 valence electrons. The van der Waals surface area contributed by atoms with Crippen molar-refractivity contribution in [3.63, 3.8) is 0 Å². The van der Waals surface area contributed by atoms with Crippen molar-refractivity contribution < 1.29 is 22.7 Å². The average Bonchev–Trinajstić information content (AvgIpc) is 2.34. The first-order chi connectivity index (χ1) is 8.32. The molecule has 0 spiro atoms. The number of rotatable bonds is 8. The smallest absolute Gasteiger partial charge is 0.305 e. The van der Waals surface area contributed by atoms with Gasteiger partial charge in [0.1, 0.15) is 0 Å². The maximum Gasteiger partial charge on any atom is 0.305 e. The van der Waals surface area contributed by atoms with Gasteiger partial charge in [-0.3, -0.25) is 9.59 Å². The summed E-state index contributed by atoms with van der Waals surface area (Å²) in [4.78, 5) is 23.6. The molecule has 0 unspecified atom stereocenters. The van der Waals surface area contributed by atoms with Gasteiger partial charge in [0.2, 0.25) is 15.9 Å². The van der Waals surface area contributed by atoms with Crippen LogP contribution in [0.3, 0.4) is 0 Å². The maximum atomic E-state index is 11.5. The molecule has 0 aromatic carbocycles. The van der Waals surface area contributed by atoms with E-state index in [2.05, 4.69) is 9.46 Å². The summed E-state index contributed by atoms with van der Waals surface area (Å²) in [6.07, 6.45) is 0.208. The van der Waals surface area contributed by atoms with E-state index < -0.39 is 16.0 Å². The summed E-state index contributed by atoms with van der Waals surface area (Å²) in [6, 6.07) is 0. The van der Waals surface area contributed by atoms with Gasteiger partial charge in [0.25, 0.3) is 0 Å². The van der Waals surface area contributed by atoms with Crippen LogP contribution in [0.25, 0.3) is 0 Å². The van der Waals surface area contributed by atoms with Crippen LogP contribution < -0.4 is 4.72 Å². The predicted molar refractivity (Wildman–Crippen MR) is 66.4 cm³/mol. The summed E-state index contributed by atoms with van der Waals surface area (Å²) < 4.78 is 29.6. The highest BCUT2D eigenvalue weighted by Crippen LogP contribution is 1.96. The molecule has 8 heteroatoms. The van der Waals surface area contributed by atoms with Gasteiger partial charge in [-0.05, 0) is 13.3 Å². The zero-order valence-electron chi connectivity index (χ0n) is 10.9. The van der Waals surface area contributed by atoms with Crippen LogP contribution in [0.15, 0.2) is 0 Å². The normalized spacial score (nSPS) is 11.1. The minimum atomic E-state index is -3.53. The third-order valence-corrected chi connectivity index (χ3v) is 3.78. The summed E-state index contributed by atoms with van der Waals surface area (Å²) in [7, 11) is -0.692. The van der Waals surface area contributed by atoms with Crippen LogP contribution >= 0.6 is 0 Å². The second kappa shape index (κ2) is 8.04. The molecule has 0 saturated heterocycles. The van der Waals surface area contributed by atoms with Crippen LogP contribution in [0.2, 0.25) is 0 Å². The second-order valence-electron chi connectivity index (χ2n) is 3.73. The molecule has 0 aliphatic carbocycles. The van der Waals surface area contributed by atoms with Crippen LogP contribution in [-0.4, -0.2) is 58.2 Å². The Hall–Kier alpha value is -1.15. The Bertz CT molecular complexity index is 380. The number of likely N-dealkylation sites (N-methyl/N-ethyl adjacent to an activating group) is 1. The number of carbonyl (C=O) groups is 2. The molecule has 0 aromatic heterocycles. The van der Waals surface area contributed by atoms with Crippen LogP contribution in [0.1, 0.15) is 19.8 Å². The molecule has 0 rings (SSSR count). The fourth-order valence-electron chi connectivity index (χ4n) is 1.06. The highest BCUT2D eigenvalue weighted by molar-refractivity contribution is 7.89. The lowest BCUT2D eigenvalue weighted by molar-refractivity contribution is -0.140. The highest BCUT2D eigenvalue weighted by atomic mass is 32.2. The molecule has 0 saturated carbocycles. The Morgan fingerprint density at radius 3 is 2.44 bits per heavy atom. The lowest BCUT2D eigenvalue weighted by Crippen LogP contribution is -2.38. The Kier molecular flexibility index (Phi) is 7.53. The molecule has 0 bridgehead atoms. The topological polar surface area (TPSA) is 92.8 Å². The number of esters is 1. The number of hydrogen-bond acceptors (Lipinski definition) is 5. The van der Waals surface area contributed by atoms with Gasteiger partial charge >= 0.3 is 5.97 Å². The van der Waals surface area contributed by atoms with E-state index in [1.807, 2.05) is 0 Å². The first-order valence-electron chi connectivity index (χ1n) is 5.60. The van der Waals surface area contributed by atoms with E-state index in [0.717, 1.165) is 0 Å². The SMILES string of the molecule is CCN(C)C(=O)CNS(=O)(=O)CCCC(=O)OC. The van der Waals surface area contributed by atoms with Gasteiger partial charge in [-0.25, -0.2) is 13.1 Å². The molecule has 1 N–H and O–H groups in total. The third-order valence-electron chi connectivity index (χ3n) is 2.37. The van der Waals surface area contributed by atoms with E-state index in [-0.39, 0.29) is 31.0 Å². The van der Waals surface area contributed by atoms with Crippen LogP contribution in [0.4, 0.5) is 0 Å². The van der Waals surface area contributed by atoms with E-state index in [9.17, 15) is 18.0 Å². The fraction of sp³-hybridized carbons (Fsp3) is 0.800. The standard InChI is InChI=1S/C10H20N2O5S/c1-4-12(2)9(13)8-11-18(15,16)7-5-6-10(14)17-3/h11H,4-8H2,1-3H3. The van der Waals surface area contributed by atoms with Gasteiger partial charge in [0.15, 0.2) is 0 Å². The van der Waals surface area contributed by atoms with Gasteiger partial charge in [0, 0.05) is 20.0 Å². The minimum Gasteiger partial charge on any atom is -0.469 e. The van der Waals surface area contributed by atoms with Gasteiger partial charge in [-0.1, -0.05) is 0 Å². The fourth-order valence-corrected chi connectivity index (χ4v) is 2.08. The average molecular weight is 280 g/mol. The Labute approximate surface area is 108 Å². The number of amides is 1. The number of nitrogens with zero attached hydrogens (tertiary/aromatic N) is 1. The lowest BCUT2D eigenvalue weighted by Gasteiger charge is -2.14. The number of carbonyl (C=O) groups excluding carboxylic acids is 2. The number of ether oxygens (including phenoxy) is 1. The molecule has 0 heterocycles. The monoisotopic (exact) mass is 280 g/mol. The van der Waals surface area contributed by atoms with Gasteiger partial charge in [0.05, 0.1) is 19.4 Å². The van der Waals surface area contributed by atoms with Crippen LogP contribution in [0, 0.1) is 0 Å². The van der Waals surface area contributed by atoms with Crippen molar-refractivity contribution in [1.82, 2.24) is 9.62 Å². The summed E-state index contributed by atoms with van der Waals surface area (Å²) in [5, 5.41) is 0. The van der Waals surface area contributed by atoms with Crippen molar-refractivity contribution in [3.05, 3.63) is 0 Å². The third kappa shape index (κ3) is 7.23. The predicted octanol–water partition coefficient (Wildman–Crippen LogP) is -0.663. The summed E-state index contributed by atoms with van der Waals surface area (Å²) >= 11 is 0. The molecule has 0 atom stereocenters. The van der Waals surface area contributed by atoms with Crippen molar-refractivity contribution in [2.24, 2.45) is 0 Å². The Balaban J connectivity index is 4.02. The van der Waals surface area contributed by atoms with Gasteiger partial charge < -0.3 is 9.64 Å². The van der Waals surface area contributed by atoms with E-state index in [0.29, 0.717) is 6.54 Å². The van der Waals surface area contributed by atoms with Gasteiger partial charge in [-0.2, -0.15) is 0 Å². The molecule has 0 radical (unpaired) electrons. The highest BCUT2D eigenvalue weighted by Gasteiger charge is 2.14. The number of sulfonamides is 1. The van der Waals surface area contributed by atoms with Gasteiger partial charge in [-0.15, -0.1) is 0 Å². The summed E-state index contributed by atoms with van der Waals surface area (Å²) in [5.74, 6) is -0.952. The molecule has 0 aliphatic heterocycles. The van der Waals surface area contributed by atoms with E-state index >= 15 is 0 Å². The molecule has 7 nitrogen and oxygen atoms in total. The first-order valence-corrected chi connectivity index (χ1v) is 7.25. The first kappa shape index (κ1) is 16.9. The zero-order valence-corrected chi connectivity index (χ0v) is 11.7. The molecular weight excluding hydrogens is 260 g/mol. The van der Waals surface area contributed by atoms with Crippen LogP contribution in [0.5, 0.6) is 0 Å². The summed E-state index contributed by atoms with van der Waals surface area (Å²) in [6.45, 7) is 2.05. The van der Waals surface area contributed by atoms with Crippen LogP contribution in [-0.2, 0) is 24.3 Å². The van der Waals surface area contributed by atoms with Crippen molar-refractivity contribution in [3.8, 4) is 0 Å². The quantitative estimate of drug-likeness (QED) is 0.596. The minimum absolute atomic E-state index is 0.0419. The maximum absolute atomic E-state index is 11.5. The number of nitrogens with one attached hydrogen (secondary N) is 1. The van der Waals surface area contributed by atoms with E-state index in [1.54, 1.807) is 14.0 Å². The summed E-state index contributed by atoms with van der Waals surface area (Å²) in [5.41, 5.74) is 0. The van der Waals surface area contributed by atoms with E-state index in [1.165, 1.54) is 12.0 Å². The van der Waals surface area contributed by atoms with Crippen molar-refractivity contribution in [2.45, 2.75) is 19.8 Å². The molecule has 0 aromatic rings. The number of hydrogen-bond donors (Lipinski definition) is 1. The Morgan fingerprint density at radius 2 is 1.94 bits per heavy atom. The molecule has 0 aliphatic rings.